The SMILES string of the molecule is Cc1nn[nH]n1.Cc1nn[nH]n1.[2HH]. The summed E-state index contributed by atoms with van der Waals surface area (Å²) in [6.07, 6.45) is 0. The summed E-state index contributed by atoms with van der Waals surface area (Å²) in [5, 5.41) is 25.4. The minimum absolute atomic E-state index is 0. The average Bonchev–Trinajstić information content (AvgIpc) is 2.63. The number of hydrogen-bond donors (Lipinski definition) is 2. The first-order valence-electron chi connectivity index (χ1n) is 3.19. The number of rotatable bonds is 0. The molecule has 2 heterocycles. The standard InChI is InChI=1S/2C2H4N4.H2/c2*1-2-3-5-6-4-2;/h2*1H3,(H,3,4,5,6);1H/i;;1+1. The normalized spacial score (nSPS) is 8.83. The molecular weight excluding hydrogens is 160 g/mol. The van der Waals surface area contributed by atoms with Crippen molar-refractivity contribution in [2.75, 3.05) is 0 Å². The maximum absolute atomic E-state index is 3.57. The molecule has 0 radical (unpaired) electrons. The zero-order chi connectivity index (χ0) is 8.81. The van der Waals surface area contributed by atoms with E-state index < -0.39 is 0 Å². The summed E-state index contributed by atoms with van der Waals surface area (Å²) in [5.41, 5.74) is 0. The highest BCUT2D eigenvalue weighted by atomic mass is 15.5. The van der Waals surface area contributed by atoms with Crippen LogP contribution in [0.1, 0.15) is 13.1 Å². The molecule has 0 spiro atoms. The second-order valence-electron chi connectivity index (χ2n) is 1.92. The monoisotopic (exact) mass is 171 g/mol. The van der Waals surface area contributed by atoms with Crippen molar-refractivity contribution in [3.05, 3.63) is 11.6 Å². The lowest BCUT2D eigenvalue weighted by Gasteiger charge is -1.59. The van der Waals surface area contributed by atoms with E-state index in [9.17, 15) is 0 Å². The maximum atomic E-state index is 3.57. The average molecular weight is 171 g/mol. The first-order valence-corrected chi connectivity index (χ1v) is 3.19. The maximum Gasteiger partial charge on any atom is 0.171 e. The van der Waals surface area contributed by atoms with Crippen LogP contribution in [-0.4, -0.2) is 41.2 Å². The summed E-state index contributed by atoms with van der Waals surface area (Å²) in [7, 11) is 0. The van der Waals surface area contributed by atoms with E-state index in [1.54, 1.807) is 13.8 Å². The van der Waals surface area contributed by atoms with E-state index in [-0.39, 0.29) is 1.43 Å². The zero-order valence-corrected chi connectivity index (χ0v) is 6.68. The Balaban J connectivity index is 0.000000206. The van der Waals surface area contributed by atoms with Gasteiger partial charge in [0.15, 0.2) is 11.6 Å². The van der Waals surface area contributed by atoms with Gasteiger partial charge in [-0.1, -0.05) is 10.4 Å². The molecule has 0 aliphatic rings. The van der Waals surface area contributed by atoms with Gasteiger partial charge >= 0.3 is 0 Å². The minimum atomic E-state index is 0. The van der Waals surface area contributed by atoms with E-state index in [1.165, 1.54) is 0 Å². The van der Waals surface area contributed by atoms with Gasteiger partial charge in [0.1, 0.15) is 0 Å². The summed E-state index contributed by atoms with van der Waals surface area (Å²) in [6.45, 7) is 3.53. The molecule has 2 N–H and O–H groups in total. The van der Waals surface area contributed by atoms with Gasteiger partial charge in [0.2, 0.25) is 0 Å². The largest absolute Gasteiger partial charge is 0.177 e. The van der Waals surface area contributed by atoms with Crippen molar-refractivity contribution in [1.29, 1.82) is 0 Å². The van der Waals surface area contributed by atoms with E-state index in [2.05, 4.69) is 41.2 Å². The van der Waals surface area contributed by atoms with Crippen molar-refractivity contribution in [2.45, 2.75) is 13.8 Å². The molecule has 0 atom stereocenters. The van der Waals surface area contributed by atoms with Gasteiger partial charge in [-0.15, -0.1) is 20.4 Å². The lowest BCUT2D eigenvalue weighted by Crippen LogP contribution is -1.69. The van der Waals surface area contributed by atoms with E-state index >= 15 is 0 Å². The number of nitrogens with zero attached hydrogens (tertiary/aromatic N) is 6. The Morgan fingerprint density at radius 3 is 1.42 bits per heavy atom. The molecule has 12 heavy (non-hydrogen) atoms. The highest BCUT2D eigenvalue weighted by Crippen LogP contribution is 1.69. The molecule has 2 aromatic rings. The molecule has 0 bridgehead atoms. The Morgan fingerprint density at radius 1 is 0.917 bits per heavy atom. The molecule has 2 aromatic heterocycles. The van der Waals surface area contributed by atoms with Crippen LogP contribution in [-0.2, 0) is 0 Å². The number of hydrogen-bond acceptors (Lipinski definition) is 6. The van der Waals surface area contributed by atoms with Crippen LogP contribution in [0.2, 0.25) is 0 Å². The van der Waals surface area contributed by atoms with Gasteiger partial charge < -0.3 is 0 Å². The fraction of sp³-hybridized carbons (Fsp3) is 0.500. The minimum Gasteiger partial charge on any atom is -0.177 e. The van der Waals surface area contributed by atoms with Crippen LogP contribution in [0.4, 0.5) is 0 Å². The molecule has 0 aliphatic heterocycles. The van der Waals surface area contributed by atoms with E-state index in [0.717, 1.165) is 0 Å². The molecule has 8 heteroatoms. The third kappa shape index (κ3) is 2.82. The van der Waals surface area contributed by atoms with E-state index in [4.69, 9.17) is 0 Å². The smallest absolute Gasteiger partial charge is 0.171 e. The predicted octanol–water partition coefficient (Wildman–Crippen LogP) is -0.738. The van der Waals surface area contributed by atoms with Gasteiger partial charge in [-0.05, 0) is 13.8 Å². The molecule has 66 valence electrons. The van der Waals surface area contributed by atoms with Crippen molar-refractivity contribution in [1.82, 2.24) is 41.2 Å². The molecule has 0 fully saturated rings. The number of tetrazole rings is 2. The fourth-order valence-electron chi connectivity index (χ4n) is 0.424. The quantitative estimate of drug-likeness (QED) is 0.540. The fourth-order valence-corrected chi connectivity index (χ4v) is 0.424. The molecule has 0 amide bonds. The van der Waals surface area contributed by atoms with Crippen LogP contribution in [0.3, 0.4) is 0 Å². The van der Waals surface area contributed by atoms with Gasteiger partial charge in [0, 0.05) is 1.43 Å². The highest BCUT2D eigenvalue weighted by molar-refractivity contribution is 4.64. The summed E-state index contributed by atoms with van der Waals surface area (Å²) in [6, 6.07) is 0. The molecule has 2 rings (SSSR count). The number of aromatic amines is 2. The van der Waals surface area contributed by atoms with Crippen LogP contribution in [0, 0.1) is 13.8 Å². The van der Waals surface area contributed by atoms with Crippen LogP contribution in [0.25, 0.3) is 0 Å². The molecule has 8 nitrogen and oxygen atoms in total. The molecular formula is C4H10N8. The van der Waals surface area contributed by atoms with Crippen LogP contribution < -0.4 is 0 Å². The Bertz CT molecular complexity index is 256. The van der Waals surface area contributed by atoms with Gasteiger partial charge in [-0.2, -0.15) is 10.4 Å². The van der Waals surface area contributed by atoms with Crippen LogP contribution in [0.15, 0.2) is 0 Å². The van der Waals surface area contributed by atoms with Crippen molar-refractivity contribution >= 4 is 0 Å². The molecule has 0 aliphatic carbocycles. The summed E-state index contributed by atoms with van der Waals surface area (Å²) < 4.78 is 0. The predicted molar refractivity (Wildman–Crippen MR) is 39.9 cm³/mol. The second-order valence-corrected chi connectivity index (χ2v) is 1.92. The Kier molecular flexibility index (Phi) is 2.82. The number of nitrogens with one attached hydrogen (secondary N) is 2. The van der Waals surface area contributed by atoms with E-state index in [1.807, 2.05) is 0 Å². The Morgan fingerprint density at radius 2 is 1.33 bits per heavy atom. The van der Waals surface area contributed by atoms with Gasteiger partial charge in [0.25, 0.3) is 0 Å². The highest BCUT2D eigenvalue weighted by Gasteiger charge is 1.78. The first kappa shape index (κ1) is 8.24. The summed E-state index contributed by atoms with van der Waals surface area (Å²) in [5.74, 6) is 1.35. The van der Waals surface area contributed by atoms with Crippen LogP contribution >= 0.6 is 0 Å². The van der Waals surface area contributed by atoms with Gasteiger partial charge in [-0.3, -0.25) is 0 Å². The number of aromatic nitrogens is 8. The number of aryl methyl sites for hydroxylation is 2. The molecule has 0 saturated heterocycles. The van der Waals surface area contributed by atoms with Crippen molar-refractivity contribution in [3.8, 4) is 0 Å². The number of H-pyrrole nitrogens is 2. The van der Waals surface area contributed by atoms with Crippen molar-refractivity contribution in [3.63, 3.8) is 0 Å². The van der Waals surface area contributed by atoms with Crippen molar-refractivity contribution < 1.29 is 1.43 Å². The lowest BCUT2D eigenvalue weighted by molar-refractivity contribution is 0.881. The summed E-state index contributed by atoms with van der Waals surface area (Å²) >= 11 is 0. The van der Waals surface area contributed by atoms with E-state index in [0.29, 0.717) is 11.6 Å². The zero-order valence-electron chi connectivity index (χ0n) is 6.68. The molecule has 0 aromatic carbocycles. The first-order chi connectivity index (χ1) is 5.79. The summed E-state index contributed by atoms with van der Waals surface area (Å²) in [4.78, 5) is 0. The second kappa shape index (κ2) is 4.11. The third-order valence-electron chi connectivity index (χ3n) is 0.902. The molecule has 0 unspecified atom stereocenters. The lowest BCUT2D eigenvalue weighted by atomic mass is 10.8. The molecule has 0 saturated carbocycles. The Hall–Kier alpha value is -1.86. The van der Waals surface area contributed by atoms with Crippen LogP contribution in [0.5, 0.6) is 0 Å². The van der Waals surface area contributed by atoms with Gasteiger partial charge in [0.05, 0.1) is 0 Å². The topological polar surface area (TPSA) is 109 Å². The third-order valence-corrected chi connectivity index (χ3v) is 0.902. The van der Waals surface area contributed by atoms with Gasteiger partial charge in [-0.25, -0.2) is 0 Å². The van der Waals surface area contributed by atoms with Crippen molar-refractivity contribution in [2.24, 2.45) is 0 Å². The Labute approximate surface area is 69.3 Å².